The summed E-state index contributed by atoms with van der Waals surface area (Å²) < 4.78 is 38.1. The maximum atomic E-state index is 12.7. The molecule has 0 spiro atoms. The van der Waals surface area contributed by atoms with Gasteiger partial charge in [-0.1, -0.05) is 12.1 Å². The van der Waals surface area contributed by atoms with Crippen molar-refractivity contribution in [3.63, 3.8) is 0 Å². The van der Waals surface area contributed by atoms with Crippen molar-refractivity contribution >= 4 is 17.3 Å². The Morgan fingerprint density at radius 3 is 2.70 bits per heavy atom. The largest absolute Gasteiger partial charge is 0.416 e. The van der Waals surface area contributed by atoms with E-state index in [-0.39, 0.29) is 11.6 Å². The molecule has 4 nitrogen and oxygen atoms in total. The highest BCUT2D eigenvalue weighted by Crippen LogP contribution is 2.31. The molecule has 2 aromatic rings. The van der Waals surface area contributed by atoms with Gasteiger partial charge in [0.1, 0.15) is 0 Å². The van der Waals surface area contributed by atoms with Crippen LogP contribution in [-0.4, -0.2) is 17.4 Å². The predicted octanol–water partition coefficient (Wildman–Crippen LogP) is 3.76. The summed E-state index contributed by atoms with van der Waals surface area (Å²) in [5.74, 6) is -0.343. The Hall–Kier alpha value is -2.83. The van der Waals surface area contributed by atoms with Gasteiger partial charge in [0.2, 0.25) is 0 Å². The molecule has 0 atom stereocenters. The van der Waals surface area contributed by atoms with Crippen molar-refractivity contribution in [1.82, 2.24) is 10.3 Å². The highest BCUT2D eigenvalue weighted by Gasteiger charge is 2.30. The molecule has 0 aliphatic rings. The molecule has 1 aromatic carbocycles. The van der Waals surface area contributed by atoms with Crippen molar-refractivity contribution < 1.29 is 18.0 Å². The first-order valence-electron chi connectivity index (χ1n) is 6.68. The molecule has 1 amide bonds. The molecule has 120 valence electrons. The number of anilines is 2. The molecule has 2 N–H and O–H groups in total. The van der Waals surface area contributed by atoms with Crippen LogP contribution in [0.3, 0.4) is 0 Å². The van der Waals surface area contributed by atoms with Gasteiger partial charge >= 0.3 is 6.18 Å². The van der Waals surface area contributed by atoms with Crippen LogP contribution in [0.5, 0.6) is 0 Å². The van der Waals surface area contributed by atoms with Gasteiger partial charge in [-0.2, -0.15) is 13.2 Å². The van der Waals surface area contributed by atoms with Gasteiger partial charge < -0.3 is 10.6 Å². The molecular formula is C16H14F3N3O. The number of rotatable bonds is 5. The third kappa shape index (κ3) is 4.57. The molecule has 0 unspecified atom stereocenters. The Balaban J connectivity index is 2.18. The number of pyridine rings is 1. The molecule has 2 rings (SSSR count). The summed E-state index contributed by atoms with van der Waals surface area (Å²) in [6, 6.07) is 6.29. The van der Waals surface area contributed by atoms with E-state index in [9.17, 15) is 18.0 Å². The number of carbonyl (C=O) groups is 1. The second-order valence-electron chi connectivity index (χ2n) is 4.66. The van der Waals surface area contributed by atoms with Crippen LogP contribution in [0, 0.1) is 0 Å². The molecular weight excluding hydrogens is 307 g/mol. The third-order valence-electron chi connectivity index (χ3n) is 2.89. The lowest BCUT2D eigenvalue weighted by atomic mass is 10.2. The molecule has 0 fully saturated rings. The third-order valence-corrected chi connectivity index (χ3v) is 2.89. The molecule has 1 heterocycles. The minimum absolute atomic E-state index is 0.255. The topological polar surface area (TPSA) is 54.0 Å². The number of aromatic nitrogens is 1. The summed E-state index contributed by atoms with van der Waals surface area (Å²) in [6.45, 7) is 3.80. The van der Waals surface area contributed by atoms with E-state index < -0.39 is 11.7 Å². The molecule has 0 saturated carbocycles. The fraction of sp³-hybridized carbons (Fsp3) is 0.125. The average Bonchev–Trinajstić information content (AvgIpc) is 2.52. The number of carbonyl (C=O) groups excluding carboxylic acids is 1. The van der Waals surface area contributed by atoms with Gasteiger partial charge in [0.25, 0.3) is 5.91 Å². The number of hydrogen-bond acceptors (Lipinski definition) is 3. The zero-order chi connectivity index (χ0) is 16.9. The maximum Gasteiger partial charge on any atom is 0.416 e. The second kappa shape index (κ2) is 6.95. The minimum Gasteiger partial charge on any atom is -0.354 e. The monoisotopic (exact) mass is 321 g/mol. The fourth-order valence-corrected chi connectivity index (χ4v) is 1.84. The lowest BCUT2D eigenvalue weighted by molar-refractivity contribution is -0.137. The van der Waals surface area contributed by atoms with Crippen LogP contribution in [0.4, 0.5) is 24.5 Å². The Labute approximate surface area is 131 Å². The van der Waals surface area contributed by atoms with E-state index in [2.05, 4.69) is 22.2 Å². The highest BCUT2D eigenvalue weighted by atomic mass is 19.4. The highest BCUT2D eigenvalue weighted by molar-refractivity contribution is 5.94. The van der Waals surface area contributed by atoms with Crippen LogP contribution in [0.25, 0.3) is 0 Å². The van der Waals surface area contributed by atoms with Crippen LogP contribution in [0.15, 0.2) is 55.4 Å². The SMILES string of the molecule is C=CCNC(=O)c1cncc(Nc2cccc(C(F)(F)F)c2)c1. The molecule has 0 saturated heterocycles. The van der Waals surface area contributed by atoms with Crippen LogP contribution in [0.1, 0.15) is 15.9 Å². The molecule has 0 aliphatic carbocycles. The van der Waals surface area contributed by atoms with Crippen molar-refractivity contribution in [2.75, 3.05) is 11.9 Å². The Kier molecular flexibility index (Phi) is 5.00. The van der Waals surface area contributed by atoms with Crippen molar-refractivity contribution in [3.05, 3.63) is 66.5 Å². The number of alkyl halides is 3. The van der Waals surface area contributed by atoms with E-state index in [0.29, 0.717) is 17.8 Å². The Morgan fingerprint density at radius 2 is 2.00 bits per heavy atom. The van der Waals surface area contributed by atoms with Crippen LogP contribution >= 0.6 is 0 Å². The summed E-state index contributed by atoms with van der Waals surface area (Å²) in [4.78, 5) is 15.7. The zero-order valence-electron chi connectivity index (χ0n) is 12.0. The van der Waals surface area contributed by atoms with Crippen molar-refractivity contribution in [3.8, 4) is 0 Å². The van der Waals surface area contributed by atoms with Crippen molar-refractivity contribution in [2.45, 2.75) is 6.18 Å². The van der Waals surface area contributed by atoms with Gasteiger partial charge in [-0.25, -0.2) is 0 Å². The molecule has 7 heteroatoms. The first kappa shape index (κ1) is 16.5. The van der Waals surface area contributed by atoms with Gasteiger partial charge in [0.05, 0.1) is 23.0 Å². The summed E-state index contributed by atoms with van der Waals surface area (Å²) in [5, 5.41) is 5.40. The van der Waals surface area contributed by atoms with E-state index >= 15 is 0 Å². The van der Waals surface area contributed by atoms with E-state index in [1.54, 1.807) is 0 Å². The first-order valence-corrected chi connectivity index (χ1v) is 6.68. The summed E-state index contributed by atoms with van der Waals surface area (Å²) in [7, 11) is 0. The molecule has 0 bridgehead atoms. The smallest absolute Gasteiger partial charge is 0.354 e. The molecule has 23 heavy (non-hydrogen) atoms. The second-order valence-corrected chi connectivity index (χ2v) is 4.66. The van der Waals surface area contributed by atoms with Crippen LogP contribution in [0.2, 0.25) is 0 Å². The van der Waals surface area contributed by atoms with Gasteiger partial charge in [-0.15, -0.1) is 6.58 Å². The standard InChI is InChI=1S/C16H14F3N3O/c1-2-6-21-15(23)11-7-14(10-20-9-11)22-13-5-3-4-12(8-13)16(17,18)19/h2-5,7-10,22H,1,6H2,(H,21,23). The van der Waals surface area contributed by atoms with E-state index in [4.69, 9.17) is 0 Å². The molecule has 0 aliphatic heterocycles. The number of nitrogens with zero attached hydrogens (tertiary/aromatic N) is 1. The lowest BCUT2D eigenvalue weighted by Gasteiger charge is -2.11. The average molecular weight is 321 g/mol. The van der Waals surface area contributed by atoms with E-state index in [0.717, 1.165) is 12.1 Å². The van der Waals surface area contributed by atoms with E-state index in [1.165, 1.54) is 36.7 Å². The number of hydrogen-bond donors (Lipinski definition) is 2. The Morgan fingerprint density at radius 1 is 1.22 bits per heavy atom. The lowest BCUT2D eigenvalue weighted by Crippen LogP contribution is -2.23. The predicted molar refractivity (Wildman–Crippen MR) is 81.5 cm³/mol. The quantitative estimate of drug-likeness (QED) is 0.825. The number of benzene rings is 1. The normalized spacial score (nSPS) is 10.9. The number of halogens is 3. The maximum absolute atomic E-state index is 12.7. The van der Waals surface area contributed by atoms with Gasteiger partial charge in [0, 0.05) is 18.4 Å². The molecule has 1 aromatic heterocycles. The van der Waals surface area contributed by atoms with E-state index in [1.807, 2.05) is 0 Å². The molecule has 0 radical (unpaired) electrons. The van der Waals surface area contributed by atoms with Crippen molar-refractivity contribution in [1.29, 1.82) is 0 Å². The number of nitrogens with one attached hydrogen (secondary N) is 2. The van der Waals surface area contributed by atoms with Crippen LogP contribution < -0.4 is 10.6 Å². The van der Waals surface area contributed by atoms with Gasteiger partial charge in [0.15, 0.2) is 0 Å². The fourth-order valence-electron chi connectivity index (χ4n) is 1.84. The van der Waals surface area contributed by atoms with Gasteiger partial charge in [-0.05, 0) is 24.3 Å². The summed E-state index contributed by atoms with van der Waals surface area (Å²) in [5.41, 5.74) is 0.208. The van der Waals surface area contributed by atoms with Gasteiger partial charge in [-0.3, -0.25) is 9.78 Å². The zero-order valence-corrected chi connectivity index (χ0v) is 12.0. The summed E-state index contributed by atoms with van der Waals surface area (Å²) >= 11 is 0. The van der Waals surface area contributed by atoms with Crippen molar-refractivity contribution in [2.24, 2.45) is 0 Å². The Bertz CT molecular complexity index is 714. The summed E-state index contributed by atoms with van der Waals surface area (Å²) in [6.07, 6.45) is -0.0846. The first-order chi connectivity index (χ1) is 10.9. The number of amides is 1. The minimum atomic E-state index is -4.41. The van der Waals surface area contributed by atoms with Crippen LogP contribution in [-0.2, 0) is 6.18 Å².